The fourth-order valence-corrected chi connectivity index (χ4v) is 4.63. The third-order valence-corrected chi connectivity index (χ3v) is 6.71. The van der Waals surface area contributed by atoms with Crippen molar-refractivity contribution in [3.8, 4) is 0 Å². The number of sulfonamides is 1. The van der Waals surface area contributed by atoms with Crippen LogP contribution in [0.3, 0.4) is 0 Å². The number of carbonyl (C=O) groups excluding carboxylic acids is 1. The predicted molar refractivity (Wildman–Crippen MR) is 108 cm³/mol. The molecule has 2 N–H and O–H groups in total. The molecule has 0 spiro atoms. The van der Waals surface area contributed by atoms with Crippen molar-refractivity contribution in [1.82, 2.24) is 10.2 Å². The van der Waals surface area contributed by atoms with Crippen LogP contribution in [0.1, 0.15) is 29.3 Å². The van der Waals surface area contributed by atoms with Crippen LogP contribution in [0.15, 0.2) is 53.4 Å². The standard InChI is InChI=1S/C19H17FN4O3S2/c20-14-5-9-16(10-6-14)29(26,27)24-15-7-1-12(2-8-15)11-17(25)21-19-23-22-18(28-19)13-3-4-13/h1-2,5-10,13,24H,3-4,11H2,(H,21,23,25). The summed E-state index contributed by atoms with van der Waals surface area (Å²) >= 11 is 1.40. The second kappa shape index (κ2) is 7.88. The van der Waals surface area contributed by atoms with Crippen LogP contribution in [0.4, 0.5) is 15.2 Å². The number of rotatable bonds is 7. The SMILES string of the molecule is O=C(Cc1ccc(NS(=O)(=O)c2ccc(F)cc2)cc1)Nc1nnc(C2CC2)s1. The minimum absolute atomic E-state index is 0.0371. The number of hydrogen-bond donors (Lipinski definition) is 2. The number of halogens is 1. The molecule has 10 heteroatoms. The van der Waals surface area contributed by atoms with Gasteiger partial charge in [-0.25, -0.2) is 12.8 Å². The van der Waals surface area contributed by atoms with Crippen molar-refractivity contribution in [2.24, 2.45) is 0 Å². The monoisotopic (exact) mass is 432 g/mol. The van der Waals surface area contributed by atoms with Gasteiger partial charge in [0.1, 0.15) is 10.8 Å². The smallest absolute Gasteiger partial charge is 0.261 e. The molecule has 4 rings (SSSR count). The lowest BCUT2D eigenvalue weighted by Gasteiger charge is -2.09. The summed E-state index contributed by atoms with van der Waals surface area (Å²) in [5.41, 5.74) is 1.07. The van der Waals surface area contributed by atoms with E-state index in [2.05, 4.69) is 20.2 Å². The van der Waals surface area contributed by atoms with E-state index < -0.39 is 15.8 Å². The summed E-state index contributed by atoms with van der Waals surface area (Å²) in [4.78, 5) is 12.2. The van der Waals surface area contributed by atoms with Crippen LogP contribution in [0.5, 0.6) is 0 Å². The summed E-state index contributed by atoms with van der Waals surface area (Å²) in [6.45, 7) is 0. The summed E-state index contributed by atoms with van der Waals surface area (Å²) in [5, 5.41) is 12.2. The Hall–Kier alpha value is -2.85. The van der Waals surface area contributed by atoms with E-state index in [0.29, 0.717) is 16.7 Å². The topological polar surface area (TPSA) is 101 Å². The first kappa shape index (κ1) is 19.5. The summed E-state index contributed by atoms with van der Waals surface area (Å²) in [5.74, 6) is -0.239. The Labute approximate surface area is 171 Å². The first-order chi connectivity index (χ1) is 13.9. The van der Waals surface area contributed by atoms with Crippen LogP contribution >= 0.6 is 11.3 Å². The number of carbonyl (C=O) groups is 1. The van der Waals surface area contributed by atoms with E-state index in [9.17, 15) is 17.6 Å². The molecule has 29 heavy (non-hydrogen) atoms. The molecule has 1 aliphatic rings. The van der Waals surface area contributed by atoms with Crippen molar-refractivity contribution in [1.29, 1.82) is 0 Å². The number of benzene rings is 2. The van der Waals surface area contributed by atoms with Gasteiger partial charge in [-0.3, -0.25) is 9.52 Å². The number of nitrogens with one attached hydrogen (secondary N) is 2. The van der Waals surface area contributed by atoms with Gasteiger partial charge in [0.2, 0.25) is 11.0 Å². The summed E-state index contributed by atoms with van der Waals surface area (Å²) in [6.07, 6.45) is 2.38. The molecule has 3 aromatic rings. The zero-order valence-electron chi connectivity index (χ0n) is 15.1. The van der Waals surface area contributed by atoms with E-state index in [1.807, 2.05) is 0 Å². The highest BCUT2D eigenvalue weighted by molar-refractivity contribution is 7.92. The van der Waals surface area contributed by atoms with Crippen molar-refractivity contribution in [3.05, 3.63) is 64.9 Å². The van der Waals surface area contributed by atoms with E-state index in [-0.39, 0.29) is 17.2 Å². The van der Waals surface area contributed by atoms with Gasteiger partial charge < -0.3 is 5.32 Å². The van der Waals surface area contributed by atoms with Crippen molar-refractivity contribution >= 4 is 38.1 Å². The summed E-state index contributed by atoms with van der Waals surface area (Å²) in [7, 11) is -3.82. The van der Waals surface area contributed by atoms with Crippen molar-refractivity contribution in [2.45, 2.75) is 30.1 Å². The molecular formula is C19H17FN4O3S2. The maximum Gasteiger partial charge on any atom is 0.261 e. The molecule has 7 nitrogen and oxygen atoms in total. The summed E-state index contributed by atoms with van der Waals surface area (Å²) < 4.78 is 40.0. The first-order valence-electron chi connectivity index (χ1n) is 8.90. The van der Waals surface area contributed by atoms with Crippen LogP contribution in [0, 0.1) is 5.82 Å². The molecule has 2 aromatic carbocycles. The average Bonchev–Trinajstić information content (AvgIpc) is 3.43. The maximum atomic E-state index is 13.0. The lowest BCUT2D eigenvalue weighted by Crippen LogP contribution is -2.15. The van der Waals surface area contributed by atoms with E-state index >= 15 is 0 Å². The molecule has 0 aliphatic heterocycles. The molecular weight excluding hydrogens is 415 g/mol. The van der Waals surface area contributed by atoms with Gasteiger partial charge in [0, 0.05) is 11.6 Å². The first-order valence-corrected chi connectivity index (χ1v) is 11.2. The Morgan fingerprint density at radius 3 is 2.41 bits per heavy atom. The van der Waals surface area contributed by atoms with E-state index in [1.165, 1.54) is 23.5 Å². The maximum absolute atomic E-state index is 13.0. The molecule has 1 aliphatic carbocycles. The highest BCUT2D eigenvalue weighted by atomic mass is 32.2. The molecule has 0 atom stereocenters. The molecule has 1 saturated carbocycles. The van der Waals surface area contributed by atoms with Crippen molar-refractivity contribution in [2.75, 3.05) is 10.0 Å². The van der Waals surface area contributed by atoms with Gasteiger partial charge in [-0.15, -0.1) is 10.2 Å². The van der Waals surface area contributed by atoms with E-state index in [0.717, 1.165) is 35.5 Å². The van der Waals surface area contributed by atoms with E-state index in [4.69, 9.17) is 0 Å². The van der Waals surface area contributed by atoms with Gasteiger partial charge in [0.25, 0.3) is 10.0 Å². The molecule has 1 aromatic heterocycles. The number of amides is 1. The van der Waals surface area contributed by atoms with Crippen LogP contribution in [-0.4, -0.2) is 24.5 Å². The predicted octanol–water partition coefficient (Wildman–Crippen LogP) is 3.54. The third kappa shape index (κ3) is 4.96. The summed E-state index contributed by atoms with van der Waals surface area (Å²) in [6, 6.07) is 11.0. The van der Waals surface area contributed by atoms with Crippen molar-refractivity contribution < 1.29 is 17.6 Å². The Bertz CT molecular complexity index is 1130. The number of aromatic nitrogens is 2. The molecule has 1 heterocycles. The highest BCUT2D eigenvalue weighted by Crippen LogP contribution is 2.42. The average molecular weight is 433 g/mol. The highest BCUT2D eigenvalue weighted by Gasteiger charge is 2.27. The lowest BCUT2D eigenvalue weighted by molar-refractivity contribution is -0.115. The van der Waals surface area contributed by atoms with Gasteiger partial charge in [0.15, 0.2) is 0 Å². The minimum atomic E-state index is -3.82. The minimum Gasteiger partial charge on any atom is -0.300 e. The Morgan fingerprint density at radius 2 is 1.76 bits per heavy atom. The zero-order chi connectivity index (χ0) is 20.4. The second-order valence-electron chi connectivity index (χ2n) is 6.70. The van der Waals surface area contributed by atoms with Gasteiger partial charge in [-0.2, -0.15) is 0 Å². The Morgan fingerprint density at radius 1 is 1.07 bits per heavy atom. The largest absolute Gasteiger partial charge is 0.300 e. The van der Waals surface area contributed by atoms with E-state index in [1.54, 1.807) is 24.3 Å². The normalized spacial score (nSPS) is 13.8. The quantitative estimate of drug-likeness (QED) is 0.595. The van der Waals surface area contributed by atoms with Crippen LogP contribution in [0.2, 0.25) is 0 Å². The van der Waals surface area contributed by atoms with Gasteiger partial charge in [0.05, 0.1) is 11.3 Å². The van der Waals surface area contributed by atoms with Crippen LogP contribution < -0.4 is 10.0 Å². The van der Waals surface area contributed by atoms with Crippen molar-refractivity contribution in [3.63, 3.8) is 0 Å². The molecule has 150 valence electrons. The molecule has 1 fully saturated rings. The van der Waals surface area contributed by atoms with Gasteiger partial charge in [-0.1, -0.05) is 23.5 Å². The second-order valence-corrected chi connectivity index (χ2v) is 9.39. The lowest BCUT2D eigenvalue weighted by atomic mass is 10.1. The molecule has 0 bridgehead atoms. The third-order valence-electron chi connectivity index (χ3n) is 4.31. The fraction of sp³-hybridized carbons (Fsp3) is 0.211. The molecule has 0 unspecified atom stereocenters. The fourth-order valence-electron chi connectivity index (χ4n) is 2.65. The van der Waals surface area contributed by atoms with Crippen LogP contribution in [0.25, 0.3) is 0 Å². The zero-order valence-corrected chi connectivity index (χ0v) is 16.8. The number of nitrogens with zero attached hydrogens (tertiary/aromatic N) is 2. The Balaban J connectivity index is 1.35. The molecule has 1 amide bonds. The number of hydrogen-bond acceptors (Lipinski definition) is 6. The Kier molecular flexibility index (Phi) is 5.29. The number of anilines is 2. The van der Waals surface area contributed by atoms with Crippen LogP contribution in [-0.2, 0) is 21.2 Å². The van der Waals surface area contributed by atoms with Gasteiger partial charge >= 0.3 is 0 Å². The molecule has 0 saturated heterocycles. The molecule has 0 radical (unpaired) electrons. The van der Waals surface area contributed by atoms with Gasteiger partial charge in [-0.05, 0) is 54.8 Å².